The van der Waals surface area contributed by atoms with Crippen LogP contribution in [-0.4, -0.2) is 23.7 Å². The zero-order valence-corrected chi connectivity index (χ0v) is 44.8. The lowest BCUT2D eigenvalue weighted by molar-refractivity contribution is 0.669. The first kappa shape index (κ1) is 45.3. The Balaban J connectivity index is 0.779. The van der Waals surface area contributed by atoms with Gasteiger partial charge in [0.15, 0.2) is 5.82 Å². The van der Waals surface area contributed by atoms with Crippen molar-refractivity contribution < 1.29 is 13.3 Å². The number of rotatable bonds is 6. The van der Waals surface area contributed by atoms with Gasteiger partial charge in [-0.1, -0.05) is 133 Å². The van der Waals surface area contributed by atoms with Gasteiger partial charge in [0.2, 0.25) is 0 Å². The van der Waals surface area contributed by atoms with Crippen molar-refractivity contribution in [3.05, 3.63) is 261 Å². The lowest BCUT2D eigenvalue weighted by Gasteiger charge is -2.13. The zero-order chi connectivity index (χ0) is 54.7. The fourth-order valence-corrected chi connectivity index (χ4v) is 13.8. The molecule has 0 atom stereocenters. The molecule has 0 saturated carbocycles. The zero-order valence-electron chi connectivity index (χ0n) is 44.8. The van der Waals surface area contributed by atoms with Crippen LogP contribution in [0.3, 0.4) is 0 Å². The second-order valence-electron chi connectivity index (χ2n) is 22.0. The molecule has 12 aromatic carbocycles. The number of hydrogen-bond acceptors (Lipinski definition) is 5. The summed E-state index contributed by atoms with van der Waals surface area (Å²) in [5.41, 5.74) is 19.5. The normalized spacial score (nSPS) is 12.3. The molecule has 0 unspecified atom stereocenters. The Morgan fingerprint density at radius 3 is 0.881 bits per heavy atom. The molecule has 84 heavy (non-hydrogen) atoms. The molecular formula is C76H43N5O3. The summed E-state index contributed by atoms with van der Waals surface area (Å²) < 4.78 is 26.5. The van der Waals surface area contributed by atoms with Gasteiger partial charge in [-0.3, -0.25) is 0 Å². The third kappa shape index (κ3) is 6.36. The van der Waals surface area contributed by atoms with Crippen molar-refractivity contribution in [1.82, 2.24) is 23.7 Å². The van der Waals surface area contributed by atoms with Gasteiger partial charge >= 0.3 is 0 Å². The molecule has 0 spiro atoms. The Morgan fingerprint density at radius 1 is 0.238 bits per heavy atom. The molecule has 390 valence electrons. The van der Waals surface area contributed by atoms with Crippen molar-refractivity contribution in [3.63, 3.8) is 0 Å². The number of benzene rings is 12. The van der Waals surface area contributed by atoms with E-state index in [-0.39, 0.29) is 0 Å². The molecule has 19 aromatic rings. The molecule has 0 saturated heterocycles. The number of furan rings is 3. The van der Waals surface area contributed by atoms with Crippen molar-refractivity contribution in [2.45, 2.75) is 0 Å². The van der Waals surface area contributed by atoms with Crippen LogP contribution >= 0.6 is 0 Å². The van der Waals surface area contributed by atoms with E-state index in [0.717, 1.165) is 144 Å². The number of fused-ring (bicyclic) bond motifs is 21. The lowest BCUT2D eigenvalue weighted by Crippen LogP contribution is -1.99. The lowest BCUT2D eigenvalue weighted by atomic mass is 10.1. The third-order valence-electron chi connectivity index (χ3n) is 17.5. The average Bonchev–Trinajstić information content (AvgIpc) is 3.89. The van der Waals surface area contributed by atoms with E-state index in [4.69, 9.17) is 23.2 Å². The minimum atomic E-state index is 0.626. The van der Waals surface area contributed by atoms with Crippen LogP contribution in [-0.2, 0) is 0 Å². The Morgan fingerprint density at radius 2 is 0.536 bits per heavy atom. The van der Waals surface area contributed by atoms with Crippen LogP contribution in [0, 0.1) is 0 Å². The van der Waals surface area contributed by atoms with E-state index < -0.39 is 0 Å². The molecular weight excluding hydrogens is 1030 g/mol. The Kier molecular flexibility index (Phi) is 9.18. The molecule has 19 rings (SSSR count). The summed E-state index contributed by atoms with van der Waals surface area (Å²) in [7, 11) is 0. The Labute approximate surface area is 477 Å². The van der Waals surface area contributed by atoms with E-state index in [1.54, 1.807) is 0 Å². The highest BCUT2D eigenvalue weighted by Crippen LogP contribution is 2.45. The van der Waals surface area contributed by atoms with Crippen LogP contribution in [0.2, 0.25) is 0 Å². The highest BCUT2D eigenvalue weighted by molar-refractivity contribution is 6.27. The molecule has 0 amide bonds. The SMILES string of the molecule is c1ccc2c(c1)oc1ccc3c4ccccc4n(-c4ccc(-c5cc(-c6ccc(-n7c8ccccc8c8ccc9oc%10ccccc%10c9c87)cc6)nc(-c6ccc(-n7c8ccccc8c8ccc9oc%10ccccc%10c9c87)cc6)n5)cc4)c3c12. The van der Waals surface area contributed by atoms with E-state index in [9.17, 15) is 0 Å². The number of nitrogens with zero attached hydrogens (tertiary/aromatic N) is 5. The molecule has 0 bridgehead atoms. The second-order valence-corrected chi connectivity index (χ2v) is 22.0. The second kappa shape index (κ2) is 17.0. The molecule has 0 aliphatic rings. The highest BCUT2D eigenvalue weighted by atomic mass is 16.3. The van der Waals surface area contributed by atoms with Gasteiger partial charge in [-0.2, -0.15) is 0 Å². The van der Waals surface area contributed by atoms with Crippen molar-refractivity contribution >= 4 is 131 Å². The number of hydrogen-bond donors (Lipinski definition) is 0. The topological polar surface area (TPSA) is 80.0 Å². The van der Waals surface area contributed by atoms with Gasteiger partial charge in [-0.25, -0.2) is 9.97 Å². The van der Waals surface area contributed by atoms with E-state index in [2.05, 4.69) is 238 Å². The van der Waals surface area contributed by atoms with Crippen molar-refractivity contribution in [2.75, 3.05) is 0 Å². The monoisotopic (exact) mass is 1070 g/mol. The summed E-state index contributed by atoms with van der Waals surface area (Å²) in [5, 5.41) is 13.7. The van der Waals surface area contributed by atoms with Crippen LogP contribution in [0.25, 0.3) is 182 Å². The van der Waals surface area contributed by atoms with Crippen molar-refractivity contribution in [3.8, 4) is 51.0 Å². The smallest absolute Gasteiger partial charge is 0.160 e. The largest absolute Gasteiger partial charge is 0.456 e. The van der Waals surface area contributed by atoms with Gasteiger partial charge in [0.25, 0.3) is 0 Å². The highest BCUT2D eigenvalue weighted by Gasteiger charge is 2.23. The predicted octanol–water partition coefficient (Wildman–Crippen LogP) is 20.5. The van der Waals surface area contributed by atoms with Gasteiger partial charge < -0.3 is 27.0 Å². The van der Waals surface area contributed by atoms with Crippen LogP contribution < -0.4 is 0 Å². The summed E-state index contributed by atoms with van der Waals surface area (Å²) in [4.78, 5) is 10.9. The van der Waals surface area contributed by atoms with Gasteiger partial charge in [-0.15, -0.1) is 0 Å². The maximum atomic E-state index is 6.45. The molecule has 0 fully saturated rings. The first-order chi connectivity index (χ1) is 41.6. The van der Waals surface area contributed by atoms with E-state index in [0.29, 0.717) is 5.82 Å². The fourth-order valence-electron chi connectivity index (χ4n) is 13.8. The van der Waals surface area contributed by atoms with Gasteiger partial charge in [0.1, 0.15) is 33.5 Å². The number of para-hydroxylation sites is 6. The molecule has 0 N–H and O–H groups in total. The van der Waals surface area contributed by atoms with Gasteiger partial charge in [-0.05, 0) is 127 Å². The average molecular weight is 1070 g/mol. The first-order valence-electron chi connectivity index (χ1n) is 28.4. The maximum Gasteiger partial charge on any atom is 0.160 e. The van der Waals surface area contributed by atoms with E-state index in [1.165, 1.54) is 32.3 Å². The van der Waals surface area contributed by atoms with Crippen molar-refractivity contribution in [2.24, 2.45) is 0 Å². The molecule has 0 radical (unpaired) electrons. The number of aromatic nitrogens is 5. The molecule has 0 aliphatic carbocycles. The molecule has 8 nitrogen and oxygen atoms in total. The standard InChI is InChI=1S/C76H43N5O3/c1-7-19-61-50(13-1)53-37-40-67-70(56-16-4-10-22-64(56)82-67)73(53)79(61)47-31-25-44(26-32-47)59-43-60(45-27-33-48(34-28-45)80-62-20-8-2-14-51(62)54-38-41-68-71(74(54)80)57-17-5-11-23-65(57)83-68)78-76(77-59)46-29-35-49(36-30-46)81-63-21-9-3-15-52(63)55-39-42-69-72(75(55)81)58-18-6-12-24-66(58)84-69/h1-43H. The van der Waals surface area contributed by atoms with Gasteiger partial charge in [0, 0.05) is 82.2 Å². The minimum Gasteiger partial charge on any atom is -0.456 e. The van der Waals surface area contributed by atoms with E-state index in [1.807, 2.05) is 36.4 Å². The summed E-state index contributed by atoms with van der Waals surface area (Å²) in [6, 6.07) is 92.3. The predicted molar refractivity (Wildman–Crippen MR) is 343 cm³/mol. The molecule has 7 aromatic heterocycles. The van der Waals surface area contributed by atoms with E-state index >= 15 is 0 Å². The summed E-state index contributed by atoms with van der Waals surface area (Å²) >= 11 is 0. The molecule has 7 heterocycles. The Hall–Kier alpha value is -11.5. The maximum absolute atomic E-state index is 6.45. The summed E-state index contributed by atoms with van der Waals surface area (Å²) in [6.45, 7) is 0. The van der Waals surface area contributed by atoms with Crippen LogP contribution in [0.15, 0.2) is 274 Å². The third-order valence-corrected chi connectivity index (χ3v) is 17.5. The molecule has 8 heteroatoms. The summed E-state index contributed by atoms with van der Waals surface area (Å²) in [6.07, 6.45) is 0. The van der Waals surface area contributed by atoms with Crippen molar-refractivity contribution in [1.29, 1.82) is 0 Å². The fraction of sp³-hybridized carbons (Fsp3) is 0. The minimum absolute atomic E-state index is 0.626. The molecule has 0 aliphatic heterocycles. The van der Waals surface area contributed by atoms with Crippen LogP contribution in [0.4, 0.5) is 0 Å². The first-order valence-corrected chi connectivity index (χ1v) is 28.4. The Bertz CT molecular complexity index is 5370. The van der Waals surface area contributed by atoms with Gasteiger partial charge in [0.05, 0.1) is 60.6 Å². The quantitative estimate of drug-likeness (QED) is 0.166. The van der Waals surface area contributed by atoms with Crippen LogP contribution in [0.1, 0.15) is 0 Å². The van der Waals surface area contributed by atoms with Crippen LogP contribution in [0.5, 0.6) is 0 Å². The summed E-state index contributed by atoms with van der Waals surface area (Å²) in [5.74, 6) is 0.626.